The van der Waals surface area contributed by atoms with Crippen LogP contribution in [0.15, 0.2) is 67.8 Å². The monoisotopic (exact) mass is 296 g/mol. The van der Waals surface area contributed by atoms with E-state index in [1.54, 1.807) is 6.08 Å². The molecule has 0 N–H and O–H groups in total. The summed E-state index contributed by atoms with van der Waals surface area (Å²) in [5.41, 5.74) is 3.40. The summed E-state index contributed by atoms with van der Waals surface area (Å²) in [5.74, 6) is 0.674. The lowest BCUT2D eigenvalue weighted by molar-refractivity contribution is -0.195. The number of rotatable bonds is 6. The third kappa shape index (κ3) is 5.59. The van der Waals surface area contributed by atoms with Gasteiger partial charge < -0.3 is 4.89 Å². The highest BCUT2D eigenvalue weighted by molar-refractivity contribution is 5.66. The topological polar surface area (TPSA) is 52.6 Å². The lowest BCUT2D eigenvalue weighted by atomic mass is 10.0. The van der Waals surface area contributed by atoms with E-state index >= 15 is 0 Å². The van der Waals surface area contributed by atoms with Crippen molar-refractivity contribution in [2.24, 2.45) is 0 Å². The molecule has 2 aromatic rings. The summed E-state index contributed by atoms with van der Waals surface area (Å²) in [6.07, 6.45) is 3.72. The van der Waals surface area contributed by atoms with Crippen molar-refractivity contribution < 1.29 is 19.4 Å². The highest BCUT2D eigenvalue weighted by Crippen LogP contribution is 2.23. The fourth-order valence-corrected chi connectivity index (χ4v) is 1.66. The average Bonchev–Trinajstić information content (AvgIpc) is 2.57. The first kappa shape index (κ1) is 17.1. The molecule has 0 aliphatic rings. The van der Waals surface area contributed by atoms with Gasteiger partial charge in [-0.2, -0.15) is 14.5 Å². The molecule has 0 atom stereocenters. The molecule has 112 valence electrons. The standard InChI is InChI=1S/C17H16O2.CO2/c1-3-13-18-19-17-11-9-16(10-12-17)15-7-5-14(4-2)6-8-15;2-1-3/h3-12H,1-2,13H2;. The van der Waals surface area contributed by atoms with Crippen LogP contribution in [-0.2, 0) is 14.5 Å². The maximum Gasteiger partial charge on any atom is 0.373 e. The minimum absolute atomic E-state index is 0.250. The van der Waals surface area contributed by atoms with Crippen LogP contribution in [-0.4, -0.2) is 12.8 Å². The van der Waals surface area contributed by atoms with Crippen molar-refractivity contribution in [1.29, 1.82) is 0 Å². The maximum atomic E-state index is 8.12. The third-order valence-corrected chi connectivity index (χ3v) is 2.68. The Morgan fingerprint density at radius 2 is 1.41 bits per heavy atom. The van der Waals surface area contributed by atoms with Crippen LogP contribution >= 0.6 is 0 Å². The van der Waals surface area contributed by atoms with Crippen molar-refractivity contribution in [2.45, 2.75) is 0 Å². The molecule has 0 heterocycles. The Kier molecular flexibility index (Phi) is 7.69. The van der Waals surface area contributed by atoms with Crippen LogP contribution in [0.3, 0.4) is 0 Å². The van der Waals surface area contributed by atoms with Gasteiger partial charge in [-0.3, -0.25) is 0 Å². The second kappa shape index (κ2) is 9.88. The van der Waals surface area contributed by atoms with Crippen LogP contribution in [0.25, 0.3) is 17.2 Å². The predicted octanol–water partition coefficient (Wildman–Crippen LogP) is 3.91. The second-order valence-corrected chi connectivity index (χ2v) is 4.09. The van der Waals surface area contributed by atoms with E-state index in [4.69, 9.17) is 19.4 Å². The van der Waals surface area contributed by atoms with E-state index in [0.717, 1.165) is 16.7 Å². The van der Waals surface area contributed by atoms with Crippen molar-refractivity contribution in [3.8, 4) is 16.9 Å². The highest BCUT2D eigenvalue weighted by Gasteiger charge is 1.99. The Balaban J connectivity index is 0.000000745. The van der Waals surface area contributed by atoms with Gasteiger partial charge in [0.25, 0.3) is 0 Å². The summed E-state index contributed by atoms with van der Waals surface area (Å²) in [6.45, 7) is 7.66. The van der Waals surface area contributed by atoms with Gasteiger partial charge >= 0.3 is 6.15 Å². The molecule has 0 radical (unpaired) electrons. The van der Waals surface area contributed by atoms with Crippen LogP contribution in [0.2, 0.25) is 0 Å². The molecule has 4 nitrogen and oxygen atoms in total. The Hall–Kier alpha value is -2.94. The van der Waals surface area contributed by atoms with Gasteiger partial charge in [0.2, 0.25) is 0 Å². The van der Waals surface area contributed by atoms with Gasteiger partial charge in [-0.15, -0.1) is 6.58 Å². The average molecular weight is 296 g/mol. The SMILES string of the molecule is C=CCOOc1ccc(-c2ccc(C=C)cc2)cc1.O=C=O. The molecule has 0 amide bonds. The molecule has 0 aromatic heterocycles. The van der Waals surface area contributed by atoms with E-state index in [1.165, 1.54) is 0 Å². The smallest absolute Gasteiger partial charge is 0.337 e. The molecule has 0 aliphatic carbocycles. The summed E-state index contributed by atoms with van der Waals surface area (Å²) < 4.78 is 0. The number of carbonyl (C=O) groups excluding carboxylic acids is 2. The first-order valence-electron chi connectivity index (χ1n) is 6.47. The first-order chi connectivity index (χ1) is 10.7. The normalized spacial score (nSPS) is 8.91. The molecule has 0 bridgehead atoms. The van der Waals surface area contributed by atoms with Crippen LogP contribution in [0.5, 0.6) is 5.75 Å². The zero-order chi connectivity index (χ0) is 16.2. The van der Waals surface area contributed by atoms with Gasteiger partial charge in [-0.1, -0.05) is 55.1 Å². The Morgan fingerprint density at radius 3 is 1.86 bits per heavy atom. The molecule has 2 rings (SSSR count). The number of hydrogen-bond donors (Lipinski definition) is 0. The lowest BCUT2D eigenvalue weighted by Crippen LogP contribution is -1.96. The van der Waals surface area contributed by atoms with Gasteiger partial charge in [-0.25, -0.2) is 0 Å². The molecular formula is C18H16O4. The maximum absolute atomic E-state index is 8.12. The van der Waals surface area contributed by atoms with Crippen LogP contribution < -0.4 is 4.89 Å². The molecule has 0 unspecified atom stereocenters. The van der Waals surface area contributed by atoms with E-state index in [0.29, 0.717) is 12.4 Å². The van der Waals surface area contributed by atoms with Crippen LogP contribution in [0.1, 0.15) is 5.56 Å². The Bertz CT molecular complexity index is 621. The van der Waals surface area contributed by atoms with E-state index in [9.17, 15) is 0 Å². The van der Waals surface area contributed by atoms with E-state index in [1.807, 2.05) is 42.5 Å². The van der Waals surface area contributed by atoms with E-state index < -0.39 is 0 Å². The summed E-state index contributed by atoms with van der Waals surface area (Å²) in [6, 6.07) is 16.0. The van der Waals surface area contributed by atoms with Gasteiger partial charge in [0.1, 0.15) is 6.61 Å². The molecule has 0 saturated carbocycles. The van der Waals surface area contributed by atoms with Crippen molar-refractivity contribution in [2.75, 3.05) is 6.61 Å². The van der Waals surface area contributed by atoms with Gasteiger partial charge in [0, 0.05) is 0 Å². The van der Waals surface area contributed by atoms with Crippen molar-refractivity contribution in [3.05, 3.63) is 73.3 Å². The second-order valence-electron chi connectivity index (χ2n) is 4.09. The zero-order valence-electron chi connectivity index (χ0n) is 12.0. The lowest BCUT2D eigenvalue weighted by Gasteiger charge is -2.05. The molecule has 0 aliphatic heterocycles. The fourth-order valence-electron chi connectivity index (χ4n) is 1.66. The number of hydrogen-bond acceptors (Lipinski definition) is 4. The van der Waals surface area contributed by atoms with E-state index in [-0.39, 0.29) is 6.15 Å². The highest BCUT2D eigenvalue weighted by atomic mass is 17.2. The summed E-state index contributed by atoms with van der Waals surface area (Å²) >= 11 is 0. The molecular weight excluding hydrogens is 280 g/mol. The minimum atomic E-state index is 0.250. The van der Waals surface area contributed by atoms with Crippen molar-refractivity contribution in [3.63, 3.8) is 0 Å². The molecule has 0 spiro atoms. The molecule has 2 aromatic carbocycles. The molecule has 0 saturated heterocycles. The van der Waals surface area contributed by atoms with Crippen molar-refractivity contribution >= 4 is 12.2 Å². The largest absolute Gasteiger partial charge is 0.373 e. The van der Waals surface area contributed by atoms with Crippen molar-refractivity contribution in [1.82, 2.24) is 0 Å². The Labute approximate surface area is 129 Å². The summed E-state index contributed by atoms with van der Waals surface area (Å²) in [5, 5.41) is 0. The minimum Gasteiger partial charge on any atom is -0.337 e. The van der Waals surface area contributed by atoms with Gasteiger partial charge in [0.15, 0.2) is 5.75 Å². The fraction of sp³-hybridized carbons (Fsp3) is 0.0556. The summed E-state index contributed by atoms with van der Waals surface area (Å²) in [4.78, 5) is 26.3. The number of benzene rings is 2. The van der Waals surface area contributed by atoms with Gasteiger partial charge in [-0.05, 0) is 28.8 Å². The van der Waals surface area contributed by atoms with Crippen LogP contribution in [0.4, 0.5) is 0 Å². The first-order valence-corrected chi connectivity index (χ1v) is 6.47. The third-order valence-electron chi connectivity index (χ3n) is 2.68. The molecule has 0 fully saturated rings. The zero-order valence-corrected chi connectivity index (χ0v) is 12.0. The van der Waals surface area contributed by atoms with E-state index in [2.05, 4.69) is 25.3 Å². The quantitative estimate of drug-likeness (QED) is 0.351. The van der Waals surface area contributed by atoms with Crippen LogP contribution in [0, 0.1) is 0 Å². The predicted molar refractivity (Wildman–Crippen MR) is 83.8 cm³/mol. The Morgan fingerprint density at radius 1 is 0.909 bits per heavy atom. The van der Waals surface area contributed by atoms with Gasteiger partial charge in [0.05, 0.1) is 0 Å². The molecule has 4 heteroatoms. The molecule has 22 heavy (non-hydrogen) atoms. The summed E-state index contributed by atoms with van der Waals surface area (Å²) in [7, 11) is 0.